The minimum atomic E-state index is -0.204. The molecule has 4 heteroatoms. The summed E-state index contributed by atoms with van der Waals surface area (Å²) in [5.41, 5.74) is 1.98. The van der Waals surface area contributed by atoms with E-state index in [1.807, 2.05) is 31.2 Å². The Morgan fingerprint density at radius 1 is 1.29 bits per heavy atom. The molecule has 0 heterocycles. The Morgan fingerprint density at radius 3 is 2.71 bits per heavy atom. The van der Waals surface area contributed by atoms with Gasteiger partial charge in [0.25, 0.3) is 0 Å². The molecule has 0 saturated heterocycles. The second kappa shape index (κ2) is 8.15. The van der Waals surface area contributed by atoms with Crippen LogP contribution >= 0.6 is 0 Å². The average molecular weight is 290 g/mol. The molecule has 3 N–H and O–H groups in total. The van der Waals surface area contributed by atoms with E-state index in [0.29, 0.717) is 12.6 Å². The summed E-state index contributed by atoms with van der Waals surface area (Å²) in [7, 11) is 0. The van der Waals surface area contributed by atoms with Crippen LogP contribution in [0, 0.1) is 0 Å². The fourth-order valence-electron chi connectivity index (χ4n) is 2.77. The number of hydrogen-bond acceptors (Lipinski definition) is 3. The Hall–Kier alpha value is -1.39. The van der Waals surface area contributed by atoms with Gasteiger partial charge in [-0.15, -0.1) is 0 Å². The van der Waals surface area contributed by atoms with Gasteiger partial charge in [-0.1, -0.05) is 43.5 Å². The van der Waals surface area contributed by atoms with Crippen LogP contribution in [0.1, 0.15) is 50.2 Å². The van der Waals surface area contributed by atoms with Crippen LogP contribution < -0.4 is 10.6 Å². The number of aliphatic hydroxyl groups excluding tert-OH is 1. The fraction of sp³-hybridized carbons (Fsp3) is 0.588. The van der Waals surface area contributed by atoms with Crippen molar-refractivity contribution in [2.24, 2.45) is 0 Å². The Labute approximate surface area is 126 Å². The zero-order valence-electron chi connectivity index (χ0n) is 12.8. The summed E-state index contributed by atoms with van der Waals surface area (Å²) in [5.74, 6) is 0.0835. The third-order valence-electron chi connectivity index (χ3n) is 4.13. The predicted molar refractivity (Wildman–Crippen MR) is 83.7 cm³/mol. The standard InChI is InChI=1S/C17H26N2O2/c1-13(17(21)19-16-8-3-2-4-9-16)18-11-14-6-5-7-15(10-14)12-20/h5-7,10,13,16,18,20H,2-4,8-9,11-12H2,1H3,(H,19,21). The molecule has 4 nitrogen and oxygen atoms in total. The molecule has 1 aromatic carbocycles. The largest absolute Gasteiger partial charge is 0.392 e. The molecule has 0 aromatic heterocycles. The second-order valence-corrected chi connectivity index (χ2v) is 5.92. The monoisotopic (exact) mass is 290 g/mol. The summed E-state index contributed by atoms with van der Waals surface area (Å²) in [6.45, 7) is 2.58. The highest BCUT2D eigenvalue weighted by molar-refractivity contribution is 5.81. The van der Waals surface area contributed by atoms with Crippen molar-refractivity contribution in [1.82, 2.24) is 10.6 Å². The Balaban J connectivity index is 1.77. The zero-order valence-corrected chi connectivity index (χ0v) is 12.8. The lowest BCUT2D eigenvalue weighted by Crippen LogP contribution is -2.46. The molecule has 116 valence electrons. The van der Waals surface area contributed by atoms with Crippen LogP contribution in [-0.2, 0) is 17.9 Å². The first-order valence-corrected chi connectivity index (χ1v) is 7.91. The molecule has 21 heavy (non-hydrogen) atoms. The lowest BCUT2D eigenvalue weighted by Gasteiger charge is -2.24. The molecule has 1 aliphatic carbocycles. The van der Waals surface area contributed by atoms with Crippen molar-refractivity contribution in [2.75, 3.05) is 0 Å². The number of carbonyl (C=O) groups excluding carboxylic acids is 1. The van der Waals surface area contributed by atoms with Gasteiger partial charge in [-0.3, -0.25) is 4.79 Å². The minimum absolute atomic E-state index is 0.0472. The molecule has 1 saturated carbocycles. The Kier molecular flexibility index (Phi) is 6.21. The van der Waals surface area contributed by atoms with Crippen molar-refractivity contribution in [2.45, 2.75) is 64.3 Å². The predicted octanol–water partition coefficient (Wildman–Crippen LogP) is 2.11. The summed E-state index contributed by atoms with van der Waals surface area (Å²) in [6.07, 6.45) is 5.96. The first kappa shape index (κ1) is 16.0. The van der Waals surface area contributed by atoms with Gasteiger partial charge in [0.1, 0.15) is 0 Å². The highest BCUT2D eigenvalue weighted by Gasteiger charge is 2.19. The van der Waals surface area contributed by atoms with E-state index in [4.69, 9.17) is 5.11 Å². The maximum Gasteiger partial charge on any atom is 0.237 e. The van der Waals surface area contributed by atoms with Gasteiger partial charge in [0.15, 0.2) is 0 Å². The van der Waals surface area contributed by atoms with E-state index < -0.39 is 0 Å². The quantitative estimate of drug-likeness (QED) is 0.752. The van der Waals surface area contributed by atoms with E-state index in [-0.39, 0.29) is 18.6 Å². The van der Waals surface area contributed by atoms with Gasteiger partial charge in [0, 0.05) is 12.6 Å². The summed E-state index contributed by atoms with van der Waals surface area (Å²) in [5, 5.41) is 15.5. The van der Waals surface area contributed by atoms with Crippen molar-refractivity contribution in [3.63, 3.8) is 0 Å². The number of benzene rings is 1. The van der Waals surface area contributed by atoms with E-state index in [0.717, 1.165) is 24.0 Å². The van der Waals surface area contributed by atoms with Crippen molar-refractivity contribution in [3.8, 4) is 0 Å². The maximum atomic E-state index is 12.1. The van der Waals surface area contributed by atoms with Crippen LogP contribution in [0.5, 0.6) is 0 Å². The van der Waals surface area contributed by atoms with Crippen molar-refractivity contribution < 1.29 is 9.90 Å². The van der Waals surface area contributed by atoms with Crippen molar-refractivity contribution >= 4 is 5.91 Å². The van der Waals surface area contributed by atoms with Gasteiger partial charge in [0.2, 0.25) is 5.91 Å². The molecule has 1 unspecified atom stereocenters. The smallest absolute Gasteiger partial charge is 0.237 e. The van der Waals surface area contributed by atoms with E-state index >= 15 is 0 Å². The van der Waals surface area contributed by atoms with E-state index in [2.05, 4.69) is 10.6 Å². The van der Waals surface area contributed by atoms with Crippen LogP contribution in [0.4, 0.5) is 0 Å². The molecule has 1 amide bonds. The molecule has 0 aliphatic heterocycles. The van der Waals surface area contributed by atoms with Gasteiger partial charge in [0.05, 0.1) is 12.6 Å². The van der Waals surface area contributed by atoms with Crippen molar-refractivity contribution in [1.29, 1.82) is 0 Å². The highest BCUT2D eigenvalue weighted by atomic mass is 16.3. The van der Waals surface area contributed by atoms with Gasteiger partial charge in [-0.05, 0) is 30.9 Å². The number of nitrogens with one attached hydrogen (secondary N) is 2. The summed E-state index contributed by atoms with van der Waals surface area (Å²) >= 11 is 0. The van der Waals surface area contributed by atoms with Gasteiger partial charge >= 0.3 is 0 Å². The molecule has 0 radical (unpaired) electrons. The van der Waals surface area contributed by atoms with Gasteiger partial charge in [-0.2, -0.15) is 0 Å². The topological polar surface area (TPSA) is 61.4 Å². The number of aliphatic hydroxyl groups is 1. The van der Waals surface area contributed by atoms with Crippen LogP contribution in [-0.4, -0.2) is 23.1 Å². The third-order valence-corrected chi connectivity index (χ3v) is 4.13. The Morgan fingerprint density at radius 2 is 2.00 bits per heavy atom. The molecule has 1 aliphatic rings. The normalized spacial score (nSPS) is 17.4. The van der Waals surface area contributed by atoms with Crippen LogP contribution in [0.25, 0.3) is 0 Å². The molecular weight excluding hydrogens is 264 g/mol. The molecule has 0 spiro atoms. The first-order valence-electron chi connectivity index (χ1n) is 7.91. The van der Waals surface area contributed by atoms with E-state index in [9.17, 15) is 4.79 Å². The van der Waals surface area contributed by atoms with Crippen molar-refractivity contribution in [3.05, 3.63) is 35.4 Å². The summed E-state index contributed by atoms with van der Waals surface area (Å²) < 4.78 is 0. The minimum Gasteiger partial charge on any atom is -0.392 e. The molecule has 1 fully saturated rings. The molecular formula is C17H26N2O2. The molecule has 1 aromatic rings. The van der Waals surface area contributed by atoms with Crippen LogP contribution in [0.3, 0.4) is 0 Å². The average Bonchev–Trinajstić information content (AvgIpc) is 2.53. The number of carbonyl (C=O) groups is 1. The maximum absolute atomic E-state index is 12.1. The lowest BCUT2D eigenvalue weighted by atomic mass is 9.95. The summed E-state index contributed by atoms with van der Waals surface area (Å²) in [4.78, 5) is 12.1. The van der Waals surface area contributed by atoms with Crippen LogP contribution in [0.15, 0.2) is 24.3 Å². The molecule has 2 rings (SSSR count). The number of rotatable bonds is 6. The van der Waals surface area contributed by atoms with Crippen LogP contribution in [0.2, 0.25) is 0 Å². The highest BCUT2D eigenvalue weighted by Crippen LogP contribution is 2.17. The fourth-order valence-corrected chi connectivity index (χ4v) is 2.77. The van der Waals surface area contributed by atoms with E-state index in [1.165, 1.54) is 19.3 Å². The van der Waals surface area contributed by atoms with E-state index in [1.54, 1.807) is 0 Å². The number of amides is 1. The Bertz CT molecular complexity index is 456. The molecule has 0 bridgehead atoms. The third kappa shape index (κ3) is 5.14. The SMILES string of the molecule is CC(NCc1cccc(CO)c1)C(=O)NC1CCCCC1. The zero-order chi connectivity index (χ0) is 15.1. The van der Waals surface area contributed by atoms with Gasteiger partial charge in [-0.25, -0.2) is 0 Å². The number of hydrogen-bond donors (Lipinski definition) is 3. The second-order valence-electron chi connectivity index (χ2n) is 5.92. The molecule has 1 atom stereocenters. The first-order chi connectivity index (χ1) is 10.2. The summed E-state index contributed by atoms with van der Waals surface area (Å²) in [6, 6.07) is 7.92. The van der Waals surface area contributed by atoms with Gasteiger partial charge < -0.3 is 15.7 Å². The lowest BCUT2D eigenvalue weighted by molar-refractivity contribution is -0.123.